The zero-order chi connectivity index (χ0) is 22.1. The SMILES string of the molecule is O=C(c1ccc([N+](=O)[O-])cc1)N1CCC(OS(=O)(=O)C(F)(F)F)=Cc2ccccc21. The number of carbonyl (C=O) groups is 1. The molecule has 1 heterocycles. The molecule has 2 aromatic carbocycles. The largest absolute Gasteiger partial charge is 0.534 e. The number of para-hydroxylation sites is 1. The van der Waals surface area contributed by atoms with Crippen molar-refractivity contribution in [2.75, 3.05) is 11.4 Å². The number of anilines is 1. The van der Waals surface area contributed by atoms with Crippen molar-refractivity contribution < 1.29 is 35.5 Å². The van der Waals surface area contributed by atoms with E-state index in [1.807, 2.05) is 0 Å². The number of fused-ring (bicyclic) bond motifs is 1. The van der Waals surface area contributed by atoms with E-state index in [9.17, 15) is 36.5 Å². The molecule has 1 aliphatic heterocycles. The molecule has 0 radical (unpaired) electrons. The summed E-state index contributed by atoms with van der Waals surface area (Å²) in [6.07, 6.45) is 0.824. The molecule has 0 N–H and O–H groups in total. The quantitative estimate of drug-likeness (QED) is 0.308. The average Bonchev–Trinajstić information content (AvgIpc) is 2.85. The summed E-state index contributed by atoms with van der Waals surface area (Å²) >= 11 is 0. The zero-order valence-corrected chi connectivity index (χ0v) is 15.8. The monoisotopic (exact) mass is 442 g/mol. The Morgan fingerprint density at radius 2 is 1.73 bits per heavy atom. The lowest BCUT2D eigenvalue weighted by Crippen LogP contribution is -2.32. The third-order valence-electron chi connectivity index (χ3n) is 4.20. The molecule has 0 atom stereocenters. The molecule has 1 amide bonds. The maximum absolute atomic E-state index is 12.9. The van der Waals surface area contributed by atoms with E-state index < -0.39 is 32.2 Å². The van der Waals surface area contributed by atoms with Gasteiger partial charge >= 0.3 is 15.6 Å². The van der Waals surface area contributed by atoms with Crippen LogP contribution in [0.4, 0.5) is 24.5 Å². The van der Waals surface area contributed by atoms with E-state index in [0.717, 1.165) is 18.2 Å². The second kappa shape index (κ2) is 7.78. The molecule has 0 spiro atoms. The smallest absolute Gasteiger partial charge is 0.380 e. The lowest BCUT2D eigenvalue weighted by molar-refractivity contribution is -0.384. The fraction of sp³-hybridized carbons (Fsp3) is 0.167. The van der Waals surface area contributed by atoms with Gasteiger partial charge in [0, 0.05) is 36.2 Å². The number of nitrogens with zero attached hydrogens (tertiary/aromatic N) is 2. The second-order valence-corrected chi connectivity index (χ2v) is 7.70. The van der Waals surface area contributed by atoms with Crippen LogP contribution in [0.2, 0.25) is 0 Å². The number of alkyl halides is 3. The first-order chi connectivity index (χ1) is 14.0. The molecule has 0 aliphatic carbocycles. The molecule has 1 aliphatic rings. The molecule has 0 saturated carbocycles. The molecule has 12 heteroatoms. The number of halogens is 3. The number of benzene rings is 2. The predicted molar refractivity (Wildman–Crippen MR) is 99.9 cm³/mol. The Hall–Kier alpha value is -3.41. The molecule has 0 bridgehead atoms. The van der Waals surface area contributed by atoms with Gasteiger partial charge < -0.3 is 9.08 Å². The zero-order valence-electron chi connectivity index (χ0n) is 15.0. The Morgan fingerprint density at radius 3 is 2.33 bits per heavy atom. The first-order valence-corrected chi connectivity index (χ1v) is 9.77. The molecule has 0 fully saturated rings. The van der Waals surface area contributed by atoms with Crippen LogP contribution in [-0.4, -0.2) is 31.3 Å². The Labute approximate surface area is 168 Å². The summed E-state index contributed by atoms with van der Waals surface area (Å²) < 4.78 is 64.9. The first-order valence-electron chi connectivity index (χ1n) is 8.36. The van der Waals surface area contributed by atoms with Crippen LogP contribution in [0, 0.1) is 10.1 Å². The Morgan fingerprint density at radius 1 is 1.10 bits per heavy atom. The molecule has 158 valence electrons. The van der Waals surface area contributed by atoms with Crippen molar-refractivity contribution in [3.8, 4) is 0 Å². The Bertz CT molecular complexity index is 1130. The van der Waals surface area contributed by atoms with Gasteiger partial charge in [-0.15, -0.1) is 0 Å². The van der Waals surface area contributed by atoms with Crippen molar-refractivity contribution in [2.24, 2.45) is 0 Å². The van der Waals surface area contributed by atoms with Crippen LogP contribution in [0.25, 0.3) is 6.08 Å². The number of carbonyl (C=O) groups excluding carboxylic acids is 1. The maximum atomic E-state index is 12.9. The van der Waals surface area contributed by atoms with Crippen molar-refractivity contribution in [1.29, 1.82) is 0 Å². The normalized spacial score (nSPS) is 14.4. The van der Waals surface area contributed by atoms with E-state index >= 15 is 0 Å². The highest BCUT2D eigenvalue weighted by Crippen LogP contribution is 2.33. The minimum Gasteiger partial charge on any atom is -0.380 e. The first kappa shape index (κ1) is 21.3. The number of nitro groups is 1. The maximum Gasteiger partial charge on any atom is 0.534 e. The van der Waals surface area contributed by atoms with Gasteiger partial charge in [-0.2, -0.15) is 21.6 Å². The van der Waals surface area contributed by atoms with Gasteiger partial charge in [-0.25, -0.2) is 0 Å². The molecule has 2 aromatic rings. The fourth-order valence-electron chi connectivity index (χ4n) is 2.79. The van der Waals surface area contributed by atoms with E-state index in [2.05, 4.69) is 4.18 Å². The van der Waals surface area contributed by atoms with Crippen LogP contribution in [-0.2, 0) is 14.3 Å². The van der Waals surface area contributed by atoms with Gasteiger partial charge in [0.1, 0.15) is 5.76 Å². The van der Waals surface area contributed by atoms with Crippen LogP contribution in [0.3, 0.4) is 0 Å². The lowest BCUT2D eigenvalue weighted by Gasteiger charge is -2.23. The van der Waals surface area contributed by atoms with Crippen LogP contribution in [0.1, 0.15) is 22.3 Å². The minimum absolute atomic E-state index is 0.114. The summed E-state index contributed by atoms with van der Waals surface area (Å²) in [5.74, 6) is -1.04. The number of non-ortho nitro benzene ring substituents is 1. The summed E-state index contributed by atoms with van der Waals surface area (Å²) in [6.45, 7) is -0.175. The van der Waals surface area contributed by atoms with Crippen LogP contribution in [0.5, 0.6) is 0 Å². The lowest BCUT2D eigenvalue weighted by atomic mass is 10.1. The molecule has 0 aromatic heterocycles. The van der Waals surface area contributed by atoms with Crippen molar-refractivity contribution in [1.82, 2.24) is 0 Å². The molecule has 30 heavy (non-hydrogen) atoms. The molecular formula is C18H13F3N2O6S. The van der Waals surface area contributed by atoms with E-state index in [1.54, 1.807) is 12.1 Å². The second-order valence-electron chi connectivity index (χ2n) is 6.16. The number of nitro benzene ring substituents is 1. The summed E-state index contributed by atoms with van der Waals surface area (Å²) in [5.41, 5.74) is -5.09. The Balaban J connectivity index is 1.93. The van der Waals surface area contributed by atoms with Crippen molar-refractivity contribution in [3.63, 3.8) is 0 Å². The number of amides is 1. The standard InChI is InChI=1S/C18H13F3N2O6S/c19-18(20,21)30(27,28)29-15-9-10-22(16-4-2-1-3-13(16)11-15)17(24)12-5-7-14(8-6-12)23(25)26/h1-8,11H,9-10H2. The molecular weight excluding hydrogens is 429 g/mol. The average molecular weight is 442 g/mol. The number of rotatable bonds is 4. The van der Waals surface area contributed by atoms with E-state index in [1.165, 1.54) is 29.2 Å². The van der Waals surface area contributed by atoms with Gasteiger partial charge in [0.2, 0.25) is 0 Å². The van der Waals surface area contributed by atoms with Crippen LogP contribution < -0.4 is 4.90 Å². The van der Waals surface area contributed by atoms with Gasteiger partial charge in [0.25, 0.3) is 11.6 Å². The van der Waals surface area contributed by atoms with E-state index in [4.69, 9.17) is 0 Å². The number of hydrogen-bond acceptors (Lipinski definition) is 6. The van der Waals surface area contributed by atoms with E-state index in [-0.39, 0.29) is 29.8 Å². The summed E-state index contributed by atoms with van der Waals surface area (Å²) in [6, 6.07) is 11.0. The van der Waals surface area contributed by atoms with E-state index in [0.29, 0.717) is 5.69 Å². The topological polar surface area (TPSA) is 107 Å². The molecule has 8 nitrogen and oxygen atoms in total. The minimum atomic E-state index is -5.85. The highest BCUT2D eigenvalue weighted by atomic mass is 32.2. The molecule has 0 unspecified atom stereocenters. The Kier molecular flexibility index (Phi) is 5.53. The van der Waals surface area contributed by atoms with Crippen LogP contribution >= 0.6 is 0 Å². The highest BCUT2D eigenvalue weighted by molar-refractivity contribution is 7.87. The summed E-state index contributed by atoms with van der Waals surface area (Å²) in [5, 5.41) is 10.8. The third kappa shape index (κ3) is 4.27. The predicted octanol–water partition coefficient (Wildman–Crippen LogP) is 3.85. The van der Waals surface area contributed by atoms with Gasteiger partial charge in [0.15, 0.2) is 0 Å². The fourth-order valence-corrected chi connectivity index (χ4v) is 3.30. The van der Waals surface area contributed by atoms with Crippen molar-refractivity contribution in [2.45, 2.75) is 11.9 Å². The van der Waals surface area contributed by atoms with Gasteiger partial charge in [-0.3, -0.25) is 14.9 Å². The molecule has 3 rings (SSSR count). The summed E-state index contributed by atoms with van der Waals surface area (Å²) in [4.78, 5) is 24.3. The van der Waals surface area contributed by atoms with Gasteiger partial charge in [0.05, 0.1) is 10.6 Å². The highest BCUT2D eigenvalue weighted by Gasteiger charge is 2.49. The van der Waals surface area contributed by atoms with Gasteiger partial charge in [-0.1, -0.05) is 18.2 Å². The van der Waals surface area contributed by atoms with Crippen molar-refractivity contribution in [3.05, 3.63) is 75.5 Å². The van der Waals surface area contributed by atoms with Gasteiger partial charge in [-0.05, 0) is 24.3 Å². The van der Waals surface area contributed by atoms with Crippen molar-refractivity contribution >= 4 is 33.5 Å². The summed E-state index contributed by atoms with van der Waals surface area (Å²) in [7, 11) is -5.85. The third-order valence-corrected chi connectivity index (χ3v) is 5.20. The molecule has 0 saturated heterocycles. The van der Waals surface area contributed by atoms with Crippen LogP contribution in [0.15, 0.2) is 54.3 Å². The number of hydrogen-bond donors (Lipinski definition) is 0.